The van der Waals surface area contributed by atoms with E-state index >= 15 is 0 Å². The molecular weight excluding hydrogens is 880 g/mol. The Morgan fingerprint density at radius 2 is 0.548 bits per heavy atom. The molecule has 2 heterocycles. The van der Waals surface area contributed by atoms with Gasteiger partial charge in [-0.3, -0.25) is 0 Å². The monoisotopic (exact) mass is 924 g/mol. The van der Waals surface area contributed by atoms with Crippen molar-refractivity contribution in [2.45, 2.75) is 0 Å². The summed E-state index contributed by atoms with van der Waals surface area (Å²) in [6, 6.07) is 102. The molecular formula is C70H45BN2. The fraction of sp³-hybridized carbons (Fsp3) is 0. The van der Waals surface area contributed by atoms with Gasteiger partial charge in [-0.25, -0.2) is 0 Å². The molecule has 0 saturated heterocycles. The highest BCUT2D eigenvalue weighted by molar-refractivity contribution is 7.00. The summed E-state index contributed by atoms with van der Waals surface area (Å²) in [4.78, 5) is 5.14. The van der Waals surface area contributed by atoms with Gasteiger partial charge in [0.25, 0.3) is 6.71 Å². The van der Waals surface area contributed by atoms with Crippen LogP contribution in [0.25, 0.3) is 87.6 Å². The van der Waals surface area contributed by atoms with Crippen LogP contribution in [0, 0.1) is 0 Å². The van der Waals surface area contributed by atoms with Crippen molar-refractivity contribution in [2.75, 3.05) is 9.80 Å². The van der Waals surface area contributed by atoms with Crippen LogP contribution < -0.4 is 26.2 Å². The minimum atomic E-state index is -0.0835. The summed E-state index contributed by atoms with van der Waals surface area (Å²) in [6.45, 7) is -0.0835. The van der Waals surface area contributed by atoms with Crippen molar-refractivity contribution in [1.82, 2.24) is 0 Å². The lowest BCUT2D eigenvalue weighted by Gasteiger charge is -2.45. The van der Waals surface area contributed by atoms with E-state index in [0.717, 1.165) is 16.9 Å². The highest BCUT2D eigenvalue weighted by Gasteiger charge is 2.44. The molecule has 0 unspecified atom stereocenters. The smallest absolute Gasteiger partial charge is 0.252 e. The average Bonchev–Trinajstić information content (AvgIpc) is 3.48. The van der Waals surface area contributed by atoms with Gasteiger partial charge in [-0.05, 0) is 177 Å². The maximum absolute atomic E-state index is 2.57. The highest BCUT2D eigenvalue weighted by atomic mass is 15.2. The van der Waals surface area contributed by atoms with Gasteiger partial charge in [0.1, 0.15) is 0 Å². The van der Waals surface area contributed by atoms with Crippen molar-refractivity contribution in [3.63, 3.8) is 0 Å². The molecule has 0 aromatic heterocycles. The number of anilines is 6. The Kier molecular flexibility index (Phi) is 9.40. The molecule has 0 spiro atoms. The van der Waals surface area contributed by atoms with Crippen LogP contribution in [0.5, 0.6) is 0 Å². The number of benzene rings is 13. The van der Waals surface area contributed by atoms with Crippen LogP contribution in [0.15, 0.2) is 273 Å². The number of fused-ring (bicyclic) bond motifs is 8. The first kappa shape index (κ1) is 41.4. The van der Waals surface area contributed by atoms with Crippen molar-refractivity contribution in [2.24, 2.45) is 0 Å². The minimum absolute atomic E-state index is 0.0835. The zero-order valence-electron chi connectivity index (χ0n) is 40.0. The first-order valence-electron chi connectivity index (χ1n) is 25.3. The summed E-state index contributed by atoms with van der Waals surface area (Å²) < 4.78 is 0. The van der Waals surface area contributed by atoms with Gasteiger partial charge >= 0.3 is 0 Å². The van der Waals surface area contributed by atoms with E-state index in [1.807, 2.05) is 0 Å². The fourth-order valence-corrected chi connectivity index (χ4v) is 12.1. The van der Waals surface area contributed by atoms with Crippen molar-refractivity contribution >= 4 is 100 Å². The summed E-state index contributed by atoms with van der Waals surface area (Å²) in [7, 11) is 0. The lowest BCUT2D eigenvalue weighted by Crippen LogP contribution is -2.61. The predicted octanol–water partition coefficient (Wildman–Crippen LogP) is 17.0. The Morgan fingerprint density at radius 3 is 0.959 bits per heavy atom. The Bertz CT molecular complexity index is 4070. The molecule has 13 aromatic carbocycles. The Labute approximate surface area is 425 Å². The van der Waals surface area contributed by atoms with Crippen molar-refractivity contribution < 1.29 is 0 Å². The van der Waals surface area contributed by atoms with E-state index in [1.54, 1.807) is 0 Å². The molecule has 3 heteroatoms. The second-order valence-electron chi connectivity index (χ2n) is 19.7. The maximum atomic E-state index is 2.57. The first-order valence-corrected chi connectivity index (χ1v) is 25.3. The van der Waals surface area contributed by atoms with Crippen molar-refractivity contribution in [3.8, 4) is 44.5 Å². The fourth-order valence-electron chi connectivity index (χ4n) is 12.1. The Balaban J connectivity index is 1.06. The molecule has 0 aliphatic carbocycles. The van der Waals surface area contributed by atoms with Crippen LogP contribution in [0.1, 0.15) is 0 Å². The van der Waals surface area contributed by atoms with Crippen LogP contribution in [0.4, 0.5) is 34.1 Å². The molecule has 0 radical (unpaired) electrons. The number of hydrogen-bond donors (Lipinski definition) is 0. The summed E-state index contributed by atoms with van der Waals surface area (Å²) in [5.74, 6) is 0. The van der Waals surface area contributed by atoms with E-state index in [4.69, 9.17) is 0 Å². The zero-order chi connectivity index (χ0) is 48.0. The van der Waals surface area contributed by atoms with Gasteiger partial charge in [0.05, 0.1) is 0 Å². The number of rotatable bonds is 6. The minimum Gasteiger partial charge on any atom is -0.311 e. The van der Waals surface area contributed by atoms with Crippen LogP contribution in [-0.4, -0.2) is 6.71 Å². The van der Waals surface area contributed by atoms with Gasteiger partial charge in [-0.1, -0.05) is 200 Å². The molecule has 15 rings (SSSR count). The standard InChI is InChI=1S/C70H45BN2/c1-4-16-46(17-5-1)48-28-32-60(33-29-48)72-66-42-57-38-53-24-12-10-22-51(53)36-55(57)40-64(66)71-65-41-56-37-52-23-11-13-25-54(52)39-58(56)43-67(65)73(61-34-30-49(31-35-61)47-18-6-2-7-19-47)69-45-59(44-68(72)70(69)71)63-27-15-14-26-62(63)50-20-8-3-9-21-50/h1-45H. The predicted molar refractivity (Wildman–Crippen MR) is 312 cm³/mol. The average molecular weight is 925 g/mol. The number of nitrogens with zero attached hydrogens (tertiary/aromatic N) is 2. The van der Waals surface area contributed by atoms with Gasteiger partial charge in [0, 0.05) is 34.1 Å². The van der Waals surface area contributed by atoms with Crippen LogP contribution in [0.3, 0.4) is 0 Å². The highest BCUT2D eigenvalue weighted by Crippen LogP contribution is 2.49. The maximum Gasteiger partial charge on any atom is 0.252 e. The van der Waals surface area contributed by atoms with E-state index in [1.165, 1.54) is 121 Å². The molecule has 0 saturated carbocycles. The van der Waals surface area contributed by atoms with Crippen molar-refractivity contribution in [1.29, 1.82) is 0 Å². The van der Waals surface area contributed by atoms with Gasteiger partial charge < -0.3 is 9.80 Å². The molecule has 13 aromatic rings. The first-order chi connectivity index (χ1) is 36.2. The van der Waals surface area contributed by atoms with E-state index in [0.29, 0.717) is 0 Å². The third-order valence-corrected chi connectivity index (χ3v) is 15.5. The largest absolute Gasteiger partial charge is 0.311 e. The zero-order valence-corrected chi connectivity index (χ0v) is 40.0. The Hall–Kier alpha value is -9.44. The van der Waals surface area contributed by atoms with E-state index < -0.39 is 0 Å². The summed E-state index contributed by atoms with van der Waals surface area (Å²) in [5.41, 5.74) is 20.4. The van der Waals surface area contributed by atoms with Gasteiger partial charge in [0.15, 0.2) is 0 Å². The molecule has 73 heavy (non-hydrogen) atoms. The van der Waals surface area contributed by atoms with Crippen LogP contribution in [-0.2, 0) is 0 Å². The molecule has 2 aliphatic rings. The summed E-state index contributed by atoms with van der Waals surface area (Å²) in [5, 5.41) is 9.88. The van der Waals surface area contributed by atoms with Crippen molar-refractivity contribution in [3.05, 3.63) is 273 Å². The van der Waals surface area contributed by atoms with E-state index in [-0.39, 0.29) is 6.71 Å². The van der Waals surface area contributed by atoms with E-state index in [9.17, 15) is 0 Å². The quantitative estimate of drug-likeness (QED) is 0.121. The molecule has 2 aliphatic heterocycles. The van der Waals surface area contributed by atoms with Gasteiger partial charge in [-0.15, -0.1) is 0 Å². The normalized spacial score (nSPS) is 12.6. The lowest BCUT2D eigenvalue weighted by molar-refractivity contribution is 1.26. The van der Waals surface area contributed by atoms with Crippen LogP contribution >= 0.6 is 0 Å². The molecule has 0 atom stereocenters. The van der Waals surface area contributed by atoms with Gasteiger partial charge in [-0.2, -0.15) is 0 Å². The molecule has 0 N–H and O–H groups in total. The van der Waals surface area contributed by atoms with Gasteiger partial charge in [0.2, 0.25) is 0 Å². The summed E-state index contributed by atoms with van der Waals surface area (Å²) >= 11 is 0. The SMILES string of the molecule is c1ccc(-c2ccc(N3c4cc5cc6ccccc6cc5cc4B4c5cc6cc7ccccc7cc6cc5N(c5ccc(-c6ccccc6)cc5)c5cc(-c6ccccc6-c6ccccc6)cc3c54)cc2)cc1. The molecule has 338 valence electrons. The molecule has 0 amide bonds. The molecule has 0 bridgehead atoms. The second-order valence-corrected chi connectivity index (χ2v) is 19.7. The summed E-state index contributed by atoms with van der Waals surface area (Å²) in [6.07, 6.45) is 0. The second kappa shape index (κ2) is 16.6. The molecule has 2 nitrogen and oxygen atoms in total. The number of hydrogen-bond acceptors (Lipinski definition) is 2. The Morgan fingerprint density at radius 1 is 0.219 bits per heavy atom. The third kappa shape index (κ3) is 6.81. The molecule has 0 fully saturated rings. The van der Waals surface area contributed by atoms with Crippen LogP contribution in [0.2, 0.25) is 0 Å². The van der Waals surface area contributed by atoms with E-state index in [2.05, 4.69) is 283 Å². The topological polar surface area (TPSA) is 6.48 Å². The third-order valence-electron chi connectivity index (χ3n) is 15.5. The lowest BCUT2D eigenvalue weighted by atomic mass is 9.33.